The molecule has 15 nitrogen and oxygen atoms in total. The summed E-state index contributed by atoms with van der Waals surface area (Å²) in [5.74, 6) is -5.06. The summed E-state index contributed by atoms with van der Waals surface area (Å²) in [6.07, 6.45) is -0.836. The van der Waals surface area contributed by atoms with Crippen molar-refractivity contribution in [3.05, 3.63) is 29.8 Å². The average Bonchev–Trinajstić information content (AvgIpc) is 3.10. The predicted octanol–water partition coefficient (Wildman–Crippen LogP) is -0.0732. The highest BCUT2D eigenvalue weighted by molar-refractivity contribution is 8.76. The fourth-order valence-corrected chi connectivity index (χ4v) is 7.72. The van der Waals surface area contributed by atoms with Gasteiger partial charge in [0.1, 0.15) is 29.1 Å². The molecule has 8 N–H and O–H groups in total. The maximum atomic E-state index is 13.6. The number of hydrogen-bond acceptors (Lipinski definition) is 16. The van der Waals surface area contributed by atoms with Crippen LogP contribution in [0.25, 0.3) is 0 Å². The minimum absolute atomic E-state index is 0.0188. The zero-order valence-corrected chi connectivity index (χ0v) is 33.3. The molecule has 0 bridgehead atoms. The molecule has 2 amide bonds. The topological polar surface area (TPSA) is 232 Å². The number of phenolic OH excluding ortho intramolecular Hbond substituents is 1. The monoisotopic (exact) mass is 798 g/mol. The number of phenols is 1. The molecule has 1 heterocycles. The first-order chi connectivity index (χ1) is 25.1. The maximum absolute atomic E-state index is 13.6. The molecule has 2 rings (SSSR count). The van der Waals surface area contributed by atoms with Crippen LogP contribution in [0.15, 0.2) is 24.3 Å². The lowest BCUT2D eigenvalue weighted by Gasteiger charge is -2.29. The van der Waals surface area contributed by atoms with Crippen molar-refractivity contribution in [2.24, 2.45) is 11.8 Å². The zero-order valence-electron chi connectivity index (χ0n) is 30.8. The summed E-state index contributed by atoms with van der Waals surface area (Å²) in [6.45, 7) is 6.84. The van der Waals surface area contributed by atoms with Crippen LogP contribution in [-0.2, 0) is 40.0 Å². The molecule has 1 fully saturated rings. The molecule has 0 spiro atoms. The number of Topliss-reactive ketones (excluding diaryl/α,β-unsaturated/α-hetero) is 5. The van der Waals surface area contributed by atoms with E-state index in [4.69, 9.17) is 0 Å². The van der Waals surface area contributed by atoms with Crippen molar-refractivity contribution in [3.63, 3.8) is 0 Å². The van der Waals surface area contributed by atoms with Crippen molar-refractivity contribution >= 4 is 75.1 Å². The Kier molecular flexibility index (Phi) is 20.8. The largest absolute Gasteiger partial charge is 0.508 e. The molecule has 1 aromatic carbocycles. The van der Waals surface area contributed by atoms with Gasteiger partial charge in [-0.25, -0.2) is 4.72 Å². The van der Waals surface area contributed by atoms with Crippen LogP contribution in [0, 0.1) is 11.8 Å². The summed E-state index contributed by atoms with van der Waals surface area (Å²) in [7, 11) is 3.84. The van der Waals surface area contributed by atoms with Gasteiger partial charge in [-0.15, -0.1) is 0 Å². The molecule has 7 atom stereocenters. The lowest BCUT2D eigenvalue weighted by atomic mass is 9.95. The van der Waals surface area contributed by atoms with E-state index >= 15 is 0 Å². The van der Waals surface area contributed by atoms with Crippen LogP contribution in [0.5, 0.6) is 5.75 Å². The fourth-order valence-electron chi connectivity index (χ4n) is 5.48. The first-order valence-corrected chi connectivity index (χ1v) is 20.5. The number of ketones is 5. The third kappa shape index (κ3) is 15.8. The van der Waals surface area contributed by atoms with Gasteiger partial charge in [-0.3, -0.25) is 33.6 Å². The van der Waals surface area contributed by atoms with Gasteiger partial charge in [0.25, 0.3) is 0 Å². The number of aliphatic hydroxyl groups is 1. The smallest absolute Gasteiger partial charge is 0.245 e. The minimum Gasteiger partial charge on any atom is -0.508 e. The van der Waals surface area contributed by atoms with Crippen molar-refractivity contribution in [2.75, 3.05) is 38.2 Å². The van der Waals surface area contributed by atoms with Crippen LogP contribution in [0.3, 0.4) is 0 Å². The van der Waals surface area contributed by atoms with E-state index in [2.05, 4.69) is 43.9 Å². The van der Waals surface area contributed by atoms with Crippen molar-refractivity contribution in [1.82, 2.24) is 31.3 Å². The fraction of sp³-hybridized carbons (Fsp3) is 0.629. The van der Waals surface area contributed by atoms with Crippen molar-refractivity contribution < 1.29 is 43.8 Å². The van der Waals surface area contributed by atoms with E-state index in [1.165, 1.54) is 38.1 Å². The highest BCUT2D eigenvalue weighted by Gasteiger charge is 2.36. The van der Waals surface area contributed by atoms with Gasteiger partial charge in [-0.1, -0.05) is 36.8 Å². The minimum atomic E-state index is -1.52. The molecule has 0 aromatic heterocycles. The lowest BCUT2D eigenvalue weighted by Crippen LogP contribution is -2.60. The van der Waals surface area contributed by atoms with Gasteiger partial charge in [-0.2, -0.15) is 12.6 Å². The Morgan fingerprint density at radius 1 is 0.981 bits per heavy atom. The third-order valence-electron chi connectivity index (χ3n) is 8.74. The van der Waals surface area contributed by atoms with E-state index < -0.39 is 65.6 Å². The molecular weight excluding hydrogens is 745 g/mol. The molecule has 18 heteroatoms. The highest BCUT2D eigenvalue weighted by atomic mass is 33.1. The summed E-state index contributed by atoms with van der Waals surface area (Å²) < 4.78 is 2.88. The predicted molar refractivity (Wildman–Crippen MR) is 209 cm³/mol. The second kappa shape index (κ2) is 23.8. The summed E-state index contributed by atoms with van der Waals surface area (Å²) in [4.78, 5) is 92.7. The summed E-state index contributed by atoms with van der Waals surface area (Å²) in [5.41, 5.74) is 0.522. The molecule has 296 valence electrons. The normalized spacial score (nSPS) is 24.2. The molecule has 53 heavy (non-hydrogen) atoms. The SMILES string of the molecule is CNCC[C@H](NCC(=O)CC[C@@H]1CN[C@@H](C(C)C)C(=O)N[C@@H]([C@@H](C)O)C(=O)N[C@@H](Cc2ccc(O)cc2)C(=O)C(=O)[C@H](CS)NSSCC1=O)C(C)=O. The van der Waals surface area contributed by atoms with Crippen molar-refractivity contribution in [3.8, 4) is 5.75 Å². The van der Waals surface area contributed by atoms with Crippen molar-refractivity contribution in [1.29, 1.82) is 0 Å². The van der Waals surface area contributed by atoms with Gasteiger partial charge in [0, 0.05) is 31.1 Å². The Balaban J connectivity index is 2.35. The highest BCUT2D eigenvalue weighted by Crippen LogP contribution is 2.22. The van der Waals surface area contributed by atoms with Crippen molar-refractivity contribution in [2.45, 2.75) is 89.7 Å². The first kappa shape index (κ1) is 46.3. The number of carbonyl (C=O) groups is 7. The molecule has 1 aliphatic rings. The Morgan fingerprint density at radius 2 is 1.62 bits per heavy atom. The van der Waals surface area contributed by atoms with Crippen LogP contribution in [0.4, 0.5) is 0 Å². The van der Waals surface area contributed by atoms with Crippen LogP contribution in [0.1, 0.15) is 52.5 Å². The molecular formula is C35H54N6O9S3. The standard InChI is InChI=1S/C35H54N6O9S3/c1-19(2)30-34(49)40-31(21(4)43)35(50)39-27(14-22-6-9-24(44)10-7-22)32(47)33(48)28(17-51)41-53-52-18-29(46)23(15-38-30)8-11-25(45)16-37-26(20(3)42)12-13-36-5/h6-7,9-10,19,21,23,26-28,30-31,36-38,41,43-44,51H,8,11-18H2,1-5H3,(H,39,50)(H,40,49)/t21-,23-,26+,27+,28+,30+,31+/m1/s1. The van der Waals surface area contributed by atoms with Gasteiger partial charge in [0.15, 0.2) is 0 Å². The molecule has 0 aliphatic carbocycles. The van der Waals surface area contributed by atoms with Crippen LogP contribution < -0.4 is 31.3 Å². The quantitative estimate of drug-likeness (QED) is 0.0490. The number of carbonyl (C=O) groups excluding carboxylic acids is 7. The maximum Gasteiger partial charge on any atom is 0.245 e. The Hall–Kier alpha value is -2.84. The van der Waals surface area contributed by atoms with E-state index in [0.717, 1.165) is 21.8 Å². The number of hydrogen-bond donors (Lipinski definition) is 9. The number of aromatic hydroxyl groups is 1. The van der Waals surface area contributed by atoms with E-state index in [0.29, 0.717) is 18.5 Å². The van der Waals surface area contributed by atoms with E-state index in [-0.39, 0.29) is 72.9 Å². The lowest BCUT2D eigenvalue weighted by molar-refractivity contribution is -0.140. The number of aliphatic hydroxyl groups excluding tert-OH is 1. The van der Waals surface area contributed by atoms with Crippen LogP contribution in [0.2, 0.25) is 0 Å². The molecule has 1 aliphatic heterocycles. The number of thiol groups is 1. The van der Waals surface area contributed by atoms with Gasteiger partial charge in [0.05, 0.1) is 42.6 Å². The molecule has 1 saturated heterocycles. The van der Waals surface area contributed by atoms with Gasteiger partial charge in [-0.05, 0) is 74.9 Å². The summed E-state index contributed by atoms with van der Waals surface area (Å²) in [5, 5.41) is 34.5. The Labute approximate surface area is 324 Å². The summed E-state index contributed by atoms with van der Waals surface area (Å²) >= 11 is 4.23. The van der Waals surface area contributed by atoms with Gasteiger partial charge < -0.3 is 36.8 Å². The molecule has 1 aromatic rings. The first-order valence-electron chi connectivity index (χ1n) is 17.5. The van der Waals surface area contributed by atoms with Crippen LogP contribution in [-0.4, -0.2) is 125 Å². The summed E-state index contributed by atoms with van der Waals surface area (Å²) in [6, 6.07) is 0.451. The number of amides is 2. The van der Waals surface area contributed by atoms with E-state index in [9.17, 15) is 43.8 Å². The average molecular weight is 799 g/mol. The molecule has 0 saturated carbocycles. The molecule has 0 radical (unpaired) electrons. The Bertz CT molecular complexity index is 1420. The van der Waals surface area contributed by atoms with Crippen LogP contribution >= 0.6 is 34.4 Å². The van der Waals surface area contributed by atoms with E-state index in [1.807, 2.05) is 0 Å². The Morgan fingerprint density at radius 3 is 2.21 bits per heavy atom. The van der Waals surface area contributed by atoms with E-state index in [1.54, 1.807) is 20.9 Å². The molecule has 0 unspecified atom stereocenters. The number of rotatable bonds is 15. The zero-order chi connectivity index (χ0) is 39.7. The van der Waals surface area contributed by atoms with Gasteiger partial charge in [0.2, 0.25) is 23.4 Å². The third-order valence-corrected chi connectivity index (χ3v) is 11.0. The number of nitrogens with one attached hydrogen (secondary N) is 6. The van der Waals surface area contributed by atoms with Gasteiger partial charge >= 0.3 is 0 Å². The second-order valence-corrected chi connectivity index (χ2v) is 15.9. The second-order valence-electron chi connectivity index (χ2n) is 13.4. The number of benzene rings is 1.